The number of unbranched alkanes of at least 4 members (excludes halogenated alkanes) is 1. The molecule has 0 aliphatic carbocycles. The number of carbonyl (C=O) groups excluding carboxylic acids is 2. The van der Waals surface area contributed by atoms with Crippen molar-refractivity contribution in [2.45, 2.75) is 33.1 Å². The Balaban J connectivity index is 2.55. The van der Waals surface area contributed by atoms with Crippen molar-refractivity contribution >= 4 is 17.5 Å². The lowest BCUT2D eigenvalue weighted by molar-refractivity contribution is -0.142. The van der Waals surface area contributed by atoms with Crippen LogP contribution in [0, 0.1) is 0 Å². The van der Waals surface area contributed by atoms with Crippen LogP contribution in [0.25, 0.3) is 0 Å². The summed E-state index contributed by atoms with van der Waals surface area (Å²) in [7, 11) is 1.65. The van der Waals surface area contributed by atoms with E-state index in [0.717, 1.165) is 19.3 Å². The molecule has 0 aliphatic rings. The van der Waals surface area contributed by atoms with Gasteiger partial charge in [-0.05, 0) is 30.5 Å². The molecule has 0 atom stereocenters. The van der Waals surface area contributed by atoms with Crippen LogP contribution < -0.4 is 5.32 Å². The number of likely N-dealkylation sites (N-methyl/N-ethyl adjacent to an activating group) is 1. The van der Waals surface area contributed by atoms with Crippen LogP contribution in [0.5, 0.6) is 0 Å². The molecule has 104 valence electrons. The van der Waals surface area contributed by atoms with Crippen LogP contribution in [-0.2, 0) is 16.0 Å². The Morgan fingerprint density at radius 2 is 1.79 bits per heavy atom. The molecule has 4 heteroatoms. The number of benzene rings is 1. The van der Waals surface area contributed by atoms with Gasteiger partial charge in [0.1, 0.15) is 0 Å². The molecule has 0 radical (unpaired) electrons. The minimum Gasteiger partial charge on any atom is -0.338 e. The first-order valence-corrected chi connectivity index (χ1v) is 6.73. The lowest BCUT2D eigenvalue weighted by Crippen LogP contribution is -2.37. The van der Waals surface area contributed by atoms with Crippen molar-refractivity contribution in [3.63, 3.8) is 0 Å². The molecule has 1 rings (SSSR count). The van der Waals surface area contributed by atoms with E-state index in [9.17, 15) is 9.59 Å². The number of hydrogen-bond donors (Lipinski definition) is 1. The fourth-order valence-corrected chi connectivity index (χ4v) is 1.68. The van der Waals surface area contributed by atoms with E-state index < -0.39 is 11.8 Å². The highest BCUT2D eigenvalue weighted by molar-refractivity contribution is 6.39. The quantitative estimate of drug-likeness (QED) is 0.829. The number of nitrogens with zero attached hydrogens (tertiary/aromatic N) is 1. The Morgan fingerprint density at radius 3 is 2.32 bits per heavy atom. The summed E-state index contributed by atoms with van der Waals surface area (Å²) in [6.45, 7) is 4.73. The van der Waals surface area contributed by atoms with Gasteiger partial charge in [0.25, 0.3) is 0 Å². The second-order valence-electron chi connectivity index (χ2n) is 4.58. The lowest BCUT2D eigenvalue weighted by Gasteiger charge is -2.16. The van der Waals surface area contributed by atoms with Crippen LogP contribution in [0.2, 0.25) is 0 Å². The zero-order chi connectivity index (χ0) is 14.3. The minimum absolute atomic E-state index is 0.493. The average molecular weight is 262 g/mol. The standard InChI is InChI=1S/C15H22N2O2/c1-4-6-11-17(3)15(19)14(18)16-13-9-7-12(5-2)8-10-13/h7-10H,4-6,11H2,1-3H3,(H,16,18). The molecule has 1 aromatic rings. The molecule has 0 aliphatic heterocycles. The fourth-order valence-electron chi connectivity index (χ4n) is 1.68. The molecular formula is C15H22N2O2. The van der Waals surface area contributed by atoms with Crippen molar-refractivity contribution in [2.75, 3.05) is 18.9 Å². The van der Waals surface area contributed by atoms with Crippen molar-refractivity contribution in [1.82, 2.24) is 4.90 Å². The predicted octanol–water partition coefficient (Wildman–Crippen LogP) is 2.45. The minimum atomic E-state index is -0.581. The molecule has 4 nitrogen and oxygen atoms in total. The normalized spacial score (nSPS) is 10.1. The molecule has 0 saturated heterocycles. The number of nitrogens with one attached hydrogen (secondary N) is 1. The molecule has 0 spiro atoms. The summed E-state index contributed by atoms with van der Waals surface area (Å²) in [4.78, 5) is 25.0. The van der Waals surface area contributed by atoms with E-state index in [-0.39, 0.29) is 0 Å². The summed E-state index contributed by atoms with van der Waals surface area (Å²) < 4.78 is 0. The molecule has 2 amide bonds. The van der Waals surface area contributed by atoms with Crippen molar-refractivity contribution in [3.8, 4) is 0 Å². The van der Waals surface area contributed by atoms with Gasteiger partial charge in [0.15, 0.2) is 0 Å². The highest BCUT2D eigenvalue weighted by atomic mass is 16.2. The third-order valence-corrected chi connectivity index (χ3v) is 3.01. The first-order chi connectivity index (χ1) is 9.08. The molecule has 1 N–H and O–H groups in total. The van der Waals surface area contributed by atoms with Gasteiger partial charge in [-0.15, -0.1) is 0 Å². The number of anilines is 1. The van der Waals surface area contributed by atoms with Crippen molar-refractivity contribution in [1.29, 1.82) is 0 Å². The monoisotopic (exact) mass is 262 g/mol. The smallest absolute Gasteiger partial charge is 0.313 e. The number of carbonyl (C=O) groups is 2. The summed E-state index contributed by atoms with van der Waals surface area (Å²) >= 11 is 0. The third kappa shape index (κ3) is 4.73. The summed E-state index contributed by atoms with van der Waals surface area (Å²) in [5, 5.41) is 2.62. The molecule has 0 saturated carbocycles. The first-order valence-electron chi connectivity index (χ1n) is 6.73. The van der Waals surface area contributed by atoms with Gasteiger partial charge >= 0.3 is 11.8 Å². The number of hydrogen-bond acceptors (Lipinski definition) is 2. The van der Waals surface area contributed by atoms with Crippen LogP contribution in [0.3, 0.4) is 0 Å². The van der Waals surface area contributed by atoms with Gasteiger partial charge in [-0.3, -0.25) is 9.59 Å². The molecule has 0 aromatic heterocycles. The molecule has 0 unspecified atom stereocenters. The second-order valence-corrected chi connectivity index (χ2v) is 4.58. The number of rotatable bonds is 5. The van der Waals surface area contributed by atoms with Gasteiger partial charge in [0, 0.05) is 19.3 Å². The summed E-state index contributed by atoms with van der Waals surface area (Å²) in [6, 6.07) is 7.52. The molecule has 0 fully saturated rings. The van der Waals surface area contributed by atoms with Gasteiger partial charge in [-0.2, -0.15) is 0 Å². The second kappa shape index (κ2) is 7.56. The SMILES string of the molecule is CCCCN(C)C(=O)C(=O)Nc1ccc(CC)cc1. The van der Waals surface area contributed by atoms with E-state index in [1.807, 2.05) is 31.2 Å². The Bertz CT molecular complexity index is 426. The van der Waals surface area contributed by atoms with Crippen LogP contribution in [0.4, 0.5) is 5.69 Å². The van der Waals surface area contributed by atoms with Crippen LogP contribution in [0.1, 0.15) is 32.3 Å². The summed E-state index contributed by atoms with van der Waals surface area (Å²) in [6.07, 6.45) is 2.85. The zero-order valence-corrected chi connectivity index (χ0v) is 11.9. The predicted molar refractivity (Wildman–Crippen MR) is 77.0 cm³/mol. The van der Waals surface area contributed by atoms with E-state index in [4.69, 9.17) is 0 Å². The highest BCUT2D eigenvalue weighted by Gasteiger charge is 2.17. The molecule has 0 bridgehead atoms. The fraction of sp³-hybridized carbons (Fsp3) is 0.467. The van der Waals surface area contributed by atoms with Gasteiger partial charge in [0.05, 0.1) is 0 Å². The first kappa shape index (κ1) is 15.2. The molecular weight excluding hydrogens is 240 g/mol. The zero-order valence-electron chi connectivity index (χ0n) is 11.9. The maximum Gasteiger partial charge on any atom is 0.313 e. The topological polar surface area (TPSA) is 49.4 Å². The molecule has 1 aromatic carbocycles. The summed E-state index contributed by atoms with van der Waals surface area (Å²) in [5.74, 6) is -1.07. The number of aryl methyl sites for hydroxylation is 1. The number of amides is 2. The molecule has 19 heavy (non-hydrogen) atoms. The van der Waals surface area contributed by atoms with Crippen LogP contribution in [-0.4, -0.2) is 30.3 Å². The van der Waals surface area contributed by atoms with Crippen LogP contribution in [0.15, 0.2) is 24.3 Å². The van der Waals surface area contributed by atoms with Crippen LogP contribution >= 0.6 is 0 Å². The van der Waals surface area contributed by atoms with E-state index in [0.29, 0.717) is 12.2 Å². The van der Waals surface area contributed by atoms with Crippen molar-refractivity contribution in [2.24, 2.45) is 0 Å². The Labute approximate surface area is 114 Å². The third-order valence-electron chi connectivity index (χ3n) is 3.01. The highest BCUT2D eigenvalue weighted by Crippen LogP contribution is 2.10. The van der Waals surface area contributed by atoms with Gasteiger partial charge < -0.3 is 10.2 Å². The van der Waals surface area contributed by atoms with Gasteiger partial charge in [0.2, 0.25) is 0 Å². The van der Waals surface area contributed by atoms with Crippen molar-refractivity contribution < 1.29 is 9.59 Å². The summed E-state index contributed by atoms with van der Waals surface area (Å²) in [5.41, 5.74) is 1.85. The van der Waals surface area contributed by atoms with Crippen molar-refractivity contribution in [3.05, 3.63) is 29.8 Å². The van der Waals surface area contributed by atoms with E-state index in [2.05, 4.69) is 12.2 Å². The molecule has 0 heterocycles. The van der Waals surface area contributed by atoms with E-state index in [1.54, 1.807) is 7.05 Å². The van der Waals surface area contributed by atoms with Gasteiger partial charge in [-0.1, -0.05) is 32.4 Å². The largest absolute Gasteiger partial charge is 0.338 e. The Morgan fingerprint density at radius 1 is 1.16 bits per heavy atom. The van der Waals surface area contributed by atoms with E-state index in [1.165, 1.54) is 10.5 Å². The Hall–Kier alpha value is -1.84. The maximum absolute atomic E-state index is 11.8. The van der Waals surface area contributed by atoms with E-state index >= 15 is 0 Å². The lowest BCUT2D eigenvalue weighted by atomic mass is 10.1. The maximum atomic E-state index is 11.8. The average Bonchev–Trinajstić information content (AvgIpc) is 2.44. The van der Waals surface area contributed by atoms with Gasteiger partial charge in [-0.25, -0.2) is 0 Å². The Kier molecular flexibility index (Phi) is 6.06.